The van der Waals surface area contributed by atoms with E-state index in [9.17, 15) is 0 Å². The second kappa shape index (κ2) is 4.42. The first-order valence-corrected chi connectivity index (χ1v) is 4.44. The molecule has 0 heterocycles. The first-order valence-electron chi connectivity index (χ1n) is 4.44. The van der Waals surface area contributed by atoms with E-state index in [2.05, 4.69) is 46.1 Å². The molecule has 0 N–H and O–H groups in total. The third-order valence-corrected chi connectivity index (χ3v) is 2.06. The lowest BCUT2D eigenvalue weighted by molar-refractivity contribution is 0.215. The van der Waals surface area contributed by atoms with Gasteiger partial charge in [-0.2, -0.15) is 0 Å². The van der Waals surface area contributed by atoms with Crippen molar-refractivity contribution in [1.29, 1.82) is 0 Å². The summed E-state index contributed by atoms with van der Waals surface area (Å²) >= 11 is 0. The van der Waals surface area contributed by atoms with Gasteiger partial charge in [-0.3, -0.25) is 0 Å². The largest absolute Gasteiger partial charge is 0.370 e. The lowest BCUT2D eigenvalue weighted by atomic mass is 10.1. The average Bonchev–Trinajstić information content (AvgIpc) is 1.85. The standard InChI is InChI=1S/C10H21N/c1-7-10(6)11(8(2)3)9(4)5/h9-10H,2,7H2,1,3-6H3. The Hall–Kier alpha value is -0.460. The van der Waals surface area contributed by atoms with Gasteiger partial charge in [0.15, 0.2) is 0 Å². The molecule has 66 valence electrons. The summed E-state index contributed by atoms with van der Waals surface area (Å²) in [6.45, 7) is 14.9. The number of nitrogens with zero attached hydrogens (tertiary/aromatic N) is 1. The zero-order chi connectivity index (χ0) is 9.02. The van der Waals surface area contributed by atoms with Gasteiger partial charge in [0.2, 0.25) is 0 Å². The molecule has 0 saturated heterocycles. The quantitative estimate of drug-likeness (QED) is 0.603. The third kappa shape index (κ3) is 2.96. The second-order valence-corrected chi connectivity index (χ2v) is 3.49. The van der Waals surface area contributed by atoms with Crippen LogP contribution in [0.25, 0.3) is 0 Å². The van der Waals surface area contributed by atoms with Gasteiger partial charge in [-0.15, -0.1) is 0 Å². The van der Waals surface area contributed by atoms with Crippen molar-refractivity contribution in [2.24, 2.45) is 0 Å². The number of allylic oxidation sites excluding steroid dienone is 1. The van der Waals surface area contributed by atoms with Crippen LogP contribution in [-0.2, 0) is 0 Å². The van der Waals surface area contributed by atoms with Crippen molar-refractivity contribution in [3.05, 3.63) is 12.3 Å². The molecule has 0 bridgehead atoms. The highest BCUT2D eigenvalue weighted by atomic mass is 15.2. The molecule has 1 atom stereocenters. The summed E-state index contributed by atoms with van der Waals surface area (Å²) < 4.78 is 0. The highest BCUT2D eigenvalue weighted by molar-refractivity contribution is 4.93. The predicted octanol–water partition coefficient (Wildman–Crippen LogP) is 3.03. The Kier molecular flexibility index (Phi) is 4.24. The maximum absolute atomic E-state index is 3.97. The van der Waals surface area contributed by atoms with E-state index in [1.54, 1.807) is 0 Å². The fourth-order valence-corrected chi connectivity index (χ4v) is 1.52. The Balaban J connectivity index is 4.21. The van der Waals surface area contributed by atoms with Crippen LogP contribution in [0.1, 0.15) is 41.0 Å². The first kappa shape index (κ1) is 10.5. The van der Waals surface area contributed by atoms with Crippen molar-refractivity contribution in [3.8, 4) is 0 Å². The molecule has 0 aliphatic heterocycles. The van der Waals surface area contributed by atoms with E-state index in [0.717, 1.165) is 0 Å². The fourth-order valence-electron chi connectivity index (χ4n) is 1.52. The van der Waals surface area contributed by atoms with E-state index in [4.69, 9.17) is 0 Å². The number of hydrogen-bond donors (Lipinski definition) is 0. The van der Waals surface area contributed by atoms with E-state index in [1.807, 2.05) is 0 Å². The van der Waals surface area contributed by atoms with Gasteiger partial charge in [-0.05, 0) is 34.1 Å². The van der Waals surface area contributed by atoms with Crippen LogP contribution in [0.4, 0.5) is 0 Å². The van der Waals surface area contributed by atoms with Crippen LogP contribution in [0.5, 0.6) is 0 Å². The normalized spacial score (nSPS) is 13.3. The molecule has 0 rings (SSSR count). The Labute approximate surface area is 71.1 Å². The zero-order valence-electron chi connectivity index (χ0n) is 8.52. The van der Waals surface area contributed by atoms with E-state index < -0.39 is 0 Å². The van der Waals surface area contributed by atoms with Gasteiger partial charge >= 0.3 is 0 Å². The maximum Gasteiger partial charge on any atom is 0.0258 e. The van der Waals surface area contributed by atoms with Crippen molar-refractivity contribution in [3.63, 3.8) is 0 Å². The van der Waals surface area contributed by atoms with E-state index in [-0.39, 0.29) is 0 Å². The van der Waals surface area contributed by atoms with Gasteiger partial charge < -0.3 is 4.90 Å². The van der Waals surface area contributed by atoms with Crippen molar-refractivity contribution in [1.82, 2.24) is 4.90 Å². The highest BCUT2D eigenvalue weighted by Gasteiger charge is 2.13. The van der Waals surface area contributed by atoms with Crippen LogP contribution >= 0.6 is 0 Å². The SMILES string of the molecule is C=C(C)N(C(C)C)C(C)CC. The van der Waals surface area contributed by atoms with Crippen LogP contribution < -0.4 is 0 Å². The van der Waals surface area contributed by atoms with Crippen molar-refractivity contribution >= 4 is 0 Å². The van der Waals surface area contributed by atoms with Crippen LogP contribution in [0.3, 0.4) is 0 Å². The highest BCUT2D eigenvalue weighted by Crippen LogP contribution is 2.13. The molecule has 0 spiro atoms. The zero-order valence-corrected chi connectivity index (χ0v) is 8.52. The van der Waals surface area contributed by atoms with Crippen molar-refractivity contribution in [2.75, 3.05) is 0 Å². The molecule has 0 amide bonds. The lowest BCUT2D eigenvalue weighted by Gasteiger charge is -2.34. The summed E-state index contributed by atoms with van der Waals surface area (Å²) in [5, 5.41) is 0. The Morgan fingerprint density at radius 3 is 1.91 bits per heavy atom. The monoisotopic (exact) mass is 155 g/mol. The Bertz CT molecular complexity index is 127. The summed E-state index contributed by atoms with van der Waals surface area (Å²) in [7, 11) is 0. The van der Waals surface area contributed by atoms with Crippen molar-refractivity contribution in [2.45, 2.75) is 53.1 Å². The third-order valence-electron chi connectivity index (χ3n) is 2.06. The Morgan fingerprint density at radius 2 is 1.82 bits per heavy atom. The minimum atomic E-state index is 0.572. The van der Waals surface area contributed by atoms with Crippen molar-refractivity contribution < 1.29 is 0 Å². The topological polar surface area (TPSA) is 3.24 Å². The molecule has 0 aromatic rings. The Morgan fingerprint density at radius 1 is 1.36 bits per heavy atom. The summed E-state index contributed by atoms with van der Waals surface area (Å²) in [5.41, 5.74) is 1.18. The molecule has 0 aliphatic rings. The summed E-state index contributed by atoms with van der Waals surface area (Å²) in [6.07, 6.45) is 1.19. The van der Waals surface area contributed by atoms with Gasteiger partial charge in [0, 0.05) is 17.8 Å². The van der Waals surface area contributed by atoms with Gasteiger partial charge in [0.25, 0.3) is 0 Å². The molecule has 0 aromatic heterocycles. The molecule has 0 saturated carbocycles. The fraction of sp³-hybridized carbons (Fsp3) is 0.800. The molecule has 0 fully saturated rings. The molecule has 0 aliphatic carbocycles. The van der Waals surface area contributed by atoms with Crippen LogP contribution in [-0.4, -0.2) is 17.0 Å². The predicted molar refractivity (Wildman–Crippen MR) is 51.5 cm³/mol. The minimum Gasteiger partial charge on any atom is -0.370 e. The second-order valence-electron chi connectivity index (χ2n) is 3.49. The first-order chi connectivity index (χ1) is 5.00. The van der Waals surface area contributed by atoms with Crippen LogP contribution in [0.2, 0.25) is 0 Å². The summed E-state index contributed by atoms with van der Waals surface area (Å²) in [4.78, 5) is 2.36. The maximum atomic E-state index is 3.97. The van der Waals surface area contributed by atoms with Gasteiger partial charge in [0.05, 0.1) is 0 Å². The van der Waals surface area contributed by atoms with Gasteiger partial charge in [-0.1, -0.05) is 13.5 Å². The molecule has 1 heteroatoms. The summed E-state index contributed by atoms with van der Waals surface area (Å²) in [6, 6.07) is 1.19. The molecular formula is C10H21N. The molecule has 11 heavy (non-hydrogen) atoms. The van der Waals surface area contributed by atoms with Gasteiger partial charge in [0.1, 0.15) is 0 Å². The van der Waals surface area contributed by atoms with E-state index in [0.29, 0.717) is 12.1 Å². The number of hydrogen-bond acceptors (Lipinski definition) is 1. The average molecular weight is 155 g/mol. The van der Waals surface area contributed by atoms with E-state index in [1.165, 1.54) is 12.1 Å². The molecule has 0 aromatic carbocycles. The molecular weight excluding hydrogens is 134 g/mol. The smallest absolute Gasteiger partial charge is 0.0258 e. The van der Waals surface area contributed by atoms with Crippen LogP contribution in [0.15, 0.2) is 12.3 Å². The van der Waals surface area contributed by atoms with E-state index >= 15 is 0 Å². The minimum absolute atomic E-state index is 0.572. The number of rotatable bonds is 4. The molecule has 0 radical (unpaired) electrons. The molecule has 1 unspecified atom stereocenters. The lowest BCUT2D eigenvalue weighted by Crippen LogP contribution is -2.36. The van der Waals surface area contributed by atoms with Gasteiger partial charge in [-0.25, -0.2) is 0 Å². The van der Waals surface area contributed by atoms with Crippen LogP contribution in [0, 0.1) is 0 Å². The summed E-state index contributed by atoms with van der Waals surface area (Å²) in [5.74, 6) is 0. The molecule has 1 nitrogen and oxygen atoms in total.